The summed E-state index contributed by atoms with van der Waals surface area (Å²) in [4.78, 5) is 23.3. The SMILES string of the molecule is Cc1cccc(/C=C/C(=O)OCC(=O)Nc2ccc(Br)cc2)c1. The number of esters is 1. The summed E-state index contributed by atoms with van der Waals surface area (Å²) in [5.74, 6) is -0.943. The minimum Gasteiger partial charge on any atom is -0.452 e. The Kier molecular flexibility index (Phi) is 6.11. The fraction of sp³-hybridized carbons (Fsp3) is 0.111. The summed E-state index contributed by atoms with van der Waals surface area (Å²) in [6.45, 7) is 1.65. The molecule has 0 radical (unpaired) electrons. The first kappa shape index (κ1) is 17.0. The molecule has 0 aromatic heterocycles. The number of carbonyl (C=O) groups excluding carboxylic acids is 2. The lowest BCUT2D eigenvalue weighted by molar-refractivity contribution is -0.142. The van der Waals surface area contributed by atoms with Gasteiger partial charge in [-0.3, -0.25) is 4.79 Å². The van der Waals surface area contributed by atoms with Crippen LogP contribution < -0.4 is 5.32 Å². The molecule has 2 aromatic rings. The van der Waals surface area contributed by atoms with Crippen LogP contribution in [0.4, 0.5) is 5.69 Å². The highest BCUT2D eigenvalue weighted by Crippen LogP contribution is 2.13. The average molecular weight is 374 g/mol. The van der Waals surface area contributed by atoms with Crippen LogP contribution in [0.2, 0.25) is 0 Å². The molecule has 0 aliphatic heterocycles. The molecule has 118 valence electrons. The largest absolute Gasteiger partial charge is 0.452 e. The number of rotatable bonds is 5. The molecular weight excluding hydrogens is 358 g/mol. The Morgan fingerprint density at radius 2 is 1.91 bits per heavy atom. The van der Waals surface area contributed by atoms with Crippen LogP contribution in [0.5, 0.6) is 0 Å². The number of nitrogens with one attached hydrogen (secondary N) is 1. The summed E-state index contributed by atoms with van der Waals surface area (Å²) in [7, 11) is 0. The second kappa shape index (κ2) is 8.29. The van der Waals surface area contributed by atoms with Crippen LogP contribution >= 0.6 is 15.9 Å². The molecule has 2 rings (SSSR count). The summed E-state index contributed by atoms with van der Waals surface area (Å²) >= 11 is 3.31. The zero-order valence-corrected chi connectivity index (χ0v) is 14.2. The Labute approximate surface area is 143 Å². The summed E-state index contributed by atoms with van der Waals surface area (Å²) in [5, 5.41) is 2.64. The molecule has 5 heteroatoms. The van der Waals surface area contributed by atoms with E-state index in [2.05, 4.69) is 21.2 Å². The lowest BCUT2D eigenvalue weighted by Gasteiger charge is -2.05. The second-order valence-corrected chi connectivity index (χ2v) is 5.83. The molecule has 0 heterocycles. The van der Waals surface area contributed by atoms with Gasteiger partial charge >= 0.3 is 5.97 Å². The van der Waals surface area contributed by atoms with Crippen molar-refractivity contribution >= 4 is 39.6 Å². The topological polar surface area (TPSA) is 55.4 Å². The van der Waals surface area contributed by atoms with Gasteiger partial charge in [-0.2, -0.15) is 0 Å². The van der Waals surface area contributed by atoms with Gasteiger partial charge in [0, 0.05) is 16.2 Å². The van der Waals surface area contributed by atoms with Gasteiger partial charge in [-0.25, -0.2) is 4.79 Å². The smallest absolute Gasteiger partial charge is 0.331 e. The maximum absolute atomic E-state index is 11.7. The Balaban J connectivity index is 1.79. The molecule has 0 atom stereocenters. The van der Waals surface area contributed by atoms with Crippen molar-refractivity contribution in [2.75, 3.05) is 11.9 Å². The van der Waals surface area contributed by atoms with Gasteiger partial charge in [0.1, 0.15) is 0 Å². The van der Waals surface area contributed by atoms with Gasteiger partial charge < -0.3 is 10.1 Å². The van der Waals surface area contributed by atoms with Crippen molar-refractivity contribution in [1.82, 2.24) is 0 Å². The maximum Gasteiger partial charge on any atom is 0.331 e. The van der Waals surface area contributed by atoms with Crippen LogP contribution in [0.1, 0.15) is 11.1 Å². The van der Waals surface area contributed by atoms with Gasteiger partial charge in [-0.05, 0) is 42.8 Å². The molecule has 0 unspecified atom stereocenters. The first-order valence-corrected chi connectivity index (χ1v) is 7.79. The highest BCUT2D eigenvalue weighted by Gasteiger charge is 2.05. The van der Waals surface area contributed by atoms with E-state index in [0.29, 0.717) is 5.69 Å². The van der Waals surface area contributed by atoms with E-state index in [4.69, 9.17) is 4.74 Å². The fourth-order valence-corrected chi connectivity index (χ4v) is 2.12. The van der Waals surface area contributed by atoms with Crippen LogP contribution in [0.25, 0.3) is 6.08 Å². The summed E-state index contributed by atoms with van der Waals surface area (Å²) < 4.78 is 5.82. The van der Waals surface area contributed by atoms with E-state index in [1.807, 2.05) is 43.3 Å². The number of hydrogen-bond acceptors (Lipinski definition) is 3. The molecule has 0 aliphatic rings. The van der Waals surface area contributed by atoms with Gasteiger partial charge in [0.25, 0.3) is 5.91 Å². The second-order valence-electron chi connectivity index (χ2n) is 4.91. The van der Waals surface area contributed by atoms with Gasteiger partial charge in [-0.15, -0.1) is 0 Å². The minimum atomic E-state index is -0.558. The fourth-order valence-electron chi connectivity index (χ4n) is 1.85. The molecule has 0 saturated heterocycles. The van der Waals surface area contributed by atoms with Crippen LogP contribution in [0.3, 0.4) is 0 Å². The average Bonchev–Trinajstić information content (AvgIpc) is 2.53. The highest BCUT2D eigenvalue weighted by atomic mass is 79.9. The number of ether oxygens (including phenoxy) is 1. The molecule has 4 nitrogen and oxygen atoms in total. The lowest BCUT2D eigenvalue weighted by Crippen LogP contribution is -2.20. The number of amides is 1. The molecule has 1 N–H and O–H groups in total. The normalized spacial score (nSPS) is 10.5. The van der Waals surface area contributed by atoms with Crippen molar-refractivity contribution in [3.05, 3.63) is 70.2 Å². The van der Waals surface area contributed by atoms with Crippen LogP contribution in [-0.2, 0) is 14.3 Å². The standard InChI is InChI=1S/C18H16BrNO3/c1-13-3-2-4-14(11-13)5-10-18(22)23-12-17(21)20-16-8-6-15(19)7-9-16/h2-11H,12H2,1H3,(H,20,21)/b10-5+. The molecule has 23 heavy (non-hydrogen) atoms. The third-order valence-corrected chi connectivity index (χ3v) is 3.46. The zero-order chi connectivity index (χ0) is 16.7. The lowest BCUT2D eigenvalue weighted by atomic mass is 10.1. The number of halogens is 1. The third-order valence-electron chi connectivity index (χ3n) is 2.93. The Hall–Kier alpha value is -2.40. The number of benzene rings is 2. The number of anilines is 1. The summed E-state index contributed by atoms with van der Waals surface area (Å²) in [5.41, 5.74) is 2.65. The van der Waals surface area contributed by atoms with E-state index in [-0.39, 0.29) is 12.5 Å². The quantitative estimate of drug-likeness (QED) is 0.637. The van der Waals surface area contributed by atoms with E-state index >= 15 is 0 Å². The van der Waals surface area contributed by atoms with E-state index < -0.39 is 5.97 Å². The summed E-state index contributed by atoms with van der Waals surface area (Å²) in [6, 6.07) is 14.8. The number of carbonyl (C=O) groups is 2. The van der Waals surface area contributed by atoms with Crippen molar-refractivity contribution in [2.24, 2.45) is 0 Å². The summed E-state index contributed by atoms with van der Waals surface area (Å²) in [6.07, 6.45) is 2.96. The maximum atomic E-state index is 11.7. The van der Waals surface area contributed by atoms with Crippen molar-refractivity contribution in [3.8, 4) is 0 Å². The third kappa shape index (κ3) is 6.08. The molecule has 0 saturated carbocycles. The minimum absolute atomic E-state index is 0.326. The number of hydrogen-bond donors (Lipinski definition) is 1. The molecule has 0 fully saturated rings. The molecule has 0 spiro atoms. The van der Waals surface area contributed by atoms with Crippen molar-refractivity contribution in [1.29, 1.82) is 0 Å². The predicted octanol–water partition coefficient (Wildman–Crippen LogP) is 3.95. The molecule has 0 bridgehead atoms. The van der Waals surface area contributed by atoms with E-state index in [1.165, 1.54) is 6.08 Å². The van der Waals surface area contributed by atoms with E-state index in [0.717, 1.165) is 15.6 Å². The van der Waals surface area contributed by atoms with Gasteiger partial charge in [0.15, 0.2) is 6.61 Å². The van der Waals surface area contributed by atoms with Gasteiger partial charge in [0.05, 0.1) is 0 Å². The monoisotopic (exact) mass is 373 g/mol. The van der Waals surface area contributed by atoms with Crippen molar-refractivity contribution < 1.29 is 14.3 Å². The first-order valence-electron chi connectivity index (χ1n) is 7.00. The van der Waals surface area contributed by atoms with E-state index in [9.17, 15) is 9.59 Å². The van der Waals surface area contributed by atoms with Crippen LogP contribution in [-0.4, -0.2) is 18.5 Å². The molecular formula is C18H16BrNO3. The Morgan fingerprint density at radius 1 is 1.17 bits per heavy atom. The number of aryl methyl sites for hydroxylation is 1. The first-order chi connectivity index (χ1) is 11.0. The van der Waals surface area contributed by atoms with Crippen molar-refractivity contribution in [3.63, 3.8) is 0 Å². The highest BCUT2D eigenvalue weighted by molar-refractivity contribution is 9.10. The molecule has 1 amide bonds. The van der Waals surface area contributed by atoms with Crippen molar-refractivity contribution in [2.45, 2.75) is 6.92 Å². The van der Waals surface area contributed by atoms with Gasteiger partial charge in [-0.1, -0.05) is 45.8 Å². The van der Waals surface area contributed by atoms with Crippen LogP contribution in [0, 0.1) is 6.92 Å². The Morgan fingerprint density at radius 3 is 2.61 bits per heavy atom. The van der Waals surface area contributed by atoms with Gasteiger partial charge in [0.2, 0.25) is 0 Å². The Bertz CT molecular complexity index is 723. The predicted molar refractivity (Wildman–Crippen MR) is 93.9 cm³/mol. The zero-order valence-electron chi connectivity index (χ0n) is 12.6. The van der Waals surface area contributed by atoms with E-state index in [1.54, 1.807) is 18.2 Å². The molecule has 2 aromatic carbocycles. The van der Waals surface area contributed by atoms with Crippen LogP contribution in [0.15, 0.2) is 59.1 Å². The molecule has 0 aliphatic carbocycles.